The van der Waals surface area contributed by atoms with Gasteiger partial charge in [-0.2, -0.15) is 0 Å². The lowest BCUT2D eigenvalue weighted by molar-refractivity contribution is 1.19. The molecule has 0 unspecified atom stereocenters. The fraction of sp³-hybridized carbons (Fsp3) is 0. The van der Waals surface area contributed by atoms with Crippen LogP contribution in [0.25, 0.3) is 96.9 Å². The molecule has 3 heteroatoms. The third-order valence-corrected chi connectivity index (χ3v) is 11.0. The van der Waals surface area contributed by atoms with Gasteiger partial charge in [0, 0.05) is 48.1 Å². The summed E-state index contributed by atoms with van der Waals surface area (Å²) in [4.78, 5) is 1.34. The molecule has 0 atom stereocenters. The molecule has 2 nitrogen and oxygen atoms in total. The zero-order chi connectivity index (χ0) is 29.2. The average molecular weight is 589 g/mol. The van der Waals surface area contributed by atoms with E-state index in [1.807, 2.05) is 11.3 Å². The van der Waals surface area contributed by atoms with E-state index in [2.05, 4.69) is 155 Å². The predicted octanol–water partition coefficient (Wildman–Crippen LogP) is 12.0. The highest BCUT2D eigenvalue weighted by molar-refractivity contribution is 7.25. The number of hydrogen-bond donors (Lipinski definition) is 0. The number of nitrogens with zero attached hydrogens (tertiary/aromatic N) is 2. The molecule has 4 heterocycles. The molecule has 0 spiro atoms. The molecule has 11 aromatic rings. The second kappa shape index (κ2) is 8.50. The van der Waals surface area contributed by atoms with E-state index in [4.69, 9.17) is 0 Å². The summed E-state index contributed by atoms with van der Waals surface area (Å²) in [6, 6.07) is 53.8. The molecular formula is C42H24N2S. The Hall–Kier alpha value is -5.64. The van der Waals surface area contributed by atoms with Gasteiger partial charge in [-0.05, 0) is 70.4 Å². The third-order valence-electron chi connectivity index (χ3n) is 9.83. The minimum Gasteiger partial charge on any atom is -0.309 e. The minimum atomic E-state index is 1.19. The van der Waals surface area contributed by atoms with E-state index in [1.165, 1.54) is 96.9 Å². The summed E-state index contributed by atoms with van der Waals surface area (Å²) in [6.07, 6.45) is 0. The summed E-state index contributed by atoms with van der Waals surface area (Å²) in [6.45, 7) is 0. The van der Waals surface area contributed by atoms with Gasteiger partial charge in [0.25, 0.3) is 0 Å². The molecule has 45 heavy (non-hydrogen) atoms. The van der Waals surface area contributed by atoms with Crippen LogP contribution in [0.4, 0.5) is 0 Å². The predicted molar refractivity (Wildman–Crippen MR) is 194 cm³/mol. The highest BCUT2D eigenvalue weighted by atomic mass is 32.1. The first-order valence-corrected chi connectivity index (χ1v) is 16.3. The van der Waals surface area contributed by atoms with Gasteiger partial charge in [0.15, 0.2) is 0 Å². The van der Waals surface area contributed by atoms with Gasteiger partial charge in [-0.3, -0.25) is 4.40 Å². The van der Waals surface area contributed by atoms with Crippen LogP contribution in [0.15, 0.2) is 146 Å². The number of benzene rings is 7. The van der Waals surface area contributed by atoms with Gasteiger partial charge in [0.2, 0.25) is 0 Å². The van der Waals surface area contributed by atoms with Crippen molar-refractivity contribution in [3.63, 3.8) is 0 Å². The summed E-state index contributed by atoms with van der Waals surface area (Å²) in [5, 5.41) is 11.8. The summed E-state index contributed by atoms with van der Waals surface area (Å²) < 4.78 is 6.26. The molecule has 0 N–H and O–H groups in total. The second-order valence-electron chi connectivity index (χ2n) is 12.2. The van der Waals surface area contributed by atoms with Crippen molar-refractivity contribution in [3.8, 4) is 16.8 Å². The second-order valence-corrected chi connectivity index (χ2v) is 13.2. The quantitative estimate of drug-likeness (QED) is 0.190. The Bertz CT molecular complexity index is 2990. The lowest BCUT2D eigenvalue weighted by Gasteiger charge is -2.10. The Morgan fingerprint density at radius 1 is 0.422 bits per heavy atom. The number of rotatable bonds is 2. The van der Waals surface area contributed by atoms with Crippen molar-refractivity contribution in [2.75, 3.05) is 0 Å². The van der Waals surface area contributed by atoms with E-state index in [-0.39, 0.29) is 0 Å². The molecule has 0 aliphatic rings. The molecule has 0 aliphatic carbocycles. The highest BCUT2D eigenvalue weighted by Crippen LogP contribution is 2.46. The van der Waals surface area contributed by atoms with Crippen LogP contribution in [0.3, 0.4) is 0 Å². The maximum Gasteiger partial charge on any atom is 0.109 e. The zero-order valence-electron chi connectivity index (χ0n) is 24.2. The van der Waals surface area contributed by atoms with Crippen molar-refractivity contribution in [1.29, 1.82) is 0 Å². The fourth-order valence-corrected chi connectivity index (χ4v) is 9.10. The van der Waals surface area contributed by atoms with Gasteiger partial charge in [0.05, 0.1) is 22.1 Å². The molecule has 0 bridgehead atoms. The van der Waals surface area contributed by atoms with Crippen molar-refractivity contribution in [3.05, 3.63) is 146 Å². The van der Waals surface area contributed by atoms with Gasteiger partial charge in [-0.15, -0.1) is 11.3 Å². The fourth-order valence-electron chi connectivity index (χ4n) is 7.86. The first-order valence-electron chi connectivity index (χ1n) is 15.4. The molecule has 0 saturated heterocycles. The lowest BCUT2D eigenvalue weighted by atomic mass is 10.00. The Balaban J connectivity index is 1.14. The number of fused-ring (bicyclic) bond motifs is 12. The topological polar surface area (TPSA) is 9.34 Å². The van der Waals surface area contributed by atoms with E-state index in [0.717, 1.165) is 0 Å². The van der Waals surface area contributed by atoms with Crippen molar-refractivity contribution < 1.29 is 0 Å². The van der Waals surface area contributed by atoms with E-state index in [1.54, 1.807) is 0 Å². The molecule has 11 rings (SSSR count). The highest BCUT2D eigenvalue weighted by Gasteiger charge is 2.21. The van der Waals surface area contributed by atoms with Crippen molar-refractivity contribution in [1.82, 2.24) is 8.97 Å². The van der Waals surface area contributed by atoms with Crippen LogP contribution in [-0.4, -0.2) is 8.97 Å². The van der Waals surface area contributed by atoms with Crippen LogP contribution in [0.5, 0.6) is 0 Å². The monoisotopic (exact) mass is 588 g/mol. The van der Waals surface area contributed by atoms with Crippen LogP contribution < -0.4 is 0 Å². The smallest absolute Gasteiger partial charge is 0.109 e. The van der Waals surface area contributed by atoms with Gasteiger partial charge in [-0.1, -0.05) is 97.1 Å². The van der Waals surface area contributed by atoms with Gasteiger partial charge in [-0.25, -0.2) is 0 Å². The van der Waals surface area contributed by atoms with Gasteiger partial charge < -0.3 is 4.57 Å². The molecule has 4 aromatic heterocycles. The van der Waals surface area contributed by atoms with Gasteiger partial charge >= 0.3 is 0 Å². The van der Waals surface area contributed by atoms with Crippen LogP contribution in [0.2, 0.25) is 0 Å². The van der Waals surface area contributed by atoms with Crippen LogP contribution in [-0.2, 0) is 0 Å². The number of hydrogen-bond acceptors (Lipinski definition) is 1. The first kappa shape index (κ1) is 23.8. The SMILES string of the molecule is c1ccc2cc(-n3c4ccccc4c4cc(-c5ccc6c(c5)c5cccc7c8c9ccccc9sc8n6c57)ccc43)ccc2c1. The van der Waals surface area contributed by atoms with Crippen molar-refractivity contribution >= 4 is 91.4 Å². The zero-order valence-corrected chi connectivity index (χ0v) is 25.0. The van der Waals surface area contributed by atoms with E-state index >= 15 is 0 Å². The maximum atomic E-state index is 2.50. The number of aromatic nitrogens is 2. The van der Waals surface area contributed by atoms with Crippen LogP contribution in [0, 0.1) is 0 Å². The van der Waals surface area contributed by atoms with Crippen molar-refractivity contribution in [2.24, 2.45) is 0 Å². The summed E-state index contributed by atoms with van der Waals surface area (Å²) >= 11 is 1.90. The molecule has 0 radical (unpaired) electrons. The van der Waals surface area contributed by atoms with Gasteiger partial charge in [0.1, 0.15) is 4.83 Å². The Morgan fingerprint density at radius 3 is 1.98 bits per heavy atom. The standard InChI is InChI=1S/C42H24N2S/c1-2-9-26-22-29(19-16-25(26)8-1)43-36-14-5-3-10-30(36)34-23-27(17-20-37(34)43)28-18-21-38-35(24-28)31-12-7-13-33-40-32-11-4-6-15-39(32)45-42(40)44(38)41(31)33/h1-24H. The summed E-state index contributed by atoms with van der Waals surface area (Å²) in [5.74, 6) is 0. The maximum absolute atomic E-state index is 2.50. The average Bonchev–Trinajstić information content (AvgIpc) is 3.82. The van der Waals surface area contributed by atoms with Crippen molar-refractivity contribution in [2.45, 2.75) is 0 Å². The Kier molecular flexibility index (Phi) is 4.49. The van der Waals surface area contributed by atoms with E-state index < -0.39 is 0 Å². The van der Waals surface area contributed by atoms with E-state index in [0.29, 0.717) is 0 Å². The molecule has 0 amide bonds. The Morgan fingerprint density at radius 2 is 1.09 bits per heavy atom. The third kappa shape index (κ3) is 3.08. The first-order chi connectivity index (χ1) is 22.3. The molecule has 7 aromatic carbocycles. The molecule has 208 valence electrons. The Labute approximate surface area is 261 Å². The van der Waals surface area contributed by atoms with Crippen LogP contribution >= 0.6 is 11.3 Å². The summed E-state index contributed by atoms with van der Waals surface area (Å²) in [5.41, 5.74) is 8.74. The largest absolute Gasteiger partial charge is 0.309 e. The van der Waals surface area contributed by atoms with E-state index in [9.17, 15) is 0 Å². The molecule has 0 fully saturated rings. The minimum absolute atomic E-state index is 1.19. The molecule has 0 aliphatic heterocycles. The normalized spacial score (nSPS) is 12.4. The molecule has 0 saturated carbocycles. The lowest BCUT2D eigenvalue weighted by Crippen LogP contribution is -1.93. The number of thiophene rings is 1. The number of para-hydroxylation sites is 2. The molecular weight excluding hydrogens is 565 g/mol. The summed E-state index contributed by atoms with van der Waals surface area (Å²) in [7, 11) is 0. The van der Waals surface area contributed by atoms with Crippen LogP contribution in [0.1, 0.15) is 0 Å².